The first kappa shape index (κ1) is 20.4. The monoisotopic (exact) mass is 405 g/mol. The molecule has 0 aliphatic rings. The molecule has 0 heterocycles. The molecule has 4 rings (SSSR count). The normalized spacial score (nSPS) is 10.4. The zero-order valence-corrected chi connectivity index (χ0v) is 17.8. The summed E-state index contributed by atoms with van der Waals surface area (Å²) in [7, 11) is 0. The molecule has 0 atom stereocenters. The van der Waals surface area contributed by atoms with Crippen molar-refractivity contribution in [3.63, 3.8) is 0 Å². The second-order valence-electron chi connectivity index (χ2n) is 7.19. The maximum absolute atomic E-state index is 5.12. The van der Waals surface area contributed by atoms with Crippen LogP contribution >= 0.6 is 0 Å². The fourth-order valence-corrected chi connectivity index (χ4v) is 3.52. The number of guanidine groups is 1. The SMILES string of the molecule is CCCN=C(N(c1ccccc1)c1ccccc1)N(c1ccccc1)c1ccccc1. The largest absolute Gasteiger partial charge is 0.281 e. The van der Waals surface area contributed by atoms with Crippen LogP contribution < -0.4 is 9.80 Å². The number of anilines is 4. The number of rotatable bonds is 6. The van der Waals surface area contributed by atoms with Gasteiger partial charge in [-0.2, -0.15) is 0 Å². The second kappa shape index (κ2) is 10.3. The smallest absolute Gasteiger partial charge is 0.215 e. The average molecular weight is 406 g/mol. The Labute approximate surface area is 184 Å². The Morgan fingerprint density at radius 1 is 0.516 bits per heavy atom. The van der Waals surface area contributed by atoms with Crippen molar-refractivity contribution in [1.82, 2.24) is 0 Å². The molecule has 0 aromatic heterocycles. The molecule has 0 unspecified atom stereocenters. The molecule has 0 saturated carbocycles. The van der Waals surface area contributed by atoms with E-state index in [2.05, 4.69) is 114 Å². The first-order valence-corrected chi connectivity index (χ1v) is 10.7. The standard InChI is InChI=1S/C28H27N3/c1-2-23-29-28(30(24-15-7-3-8-16-24)25-17-9-4-10-18-25)31(26-19-11-5-12-20-26)27-21-13-6-14-22-27/h3-22H,2,23H2,1H3. The molecule has 3 heteroatoms. The van der Waals surface area contributed by atoms with Crippen molar-refractivity contribution in [2.24, 2.45) is 4.99 Å². The highest BCUT2D eigenvalue weighted by Gasteiger charge is 2.24. The summed E-state index contributed by atoms with van der Waals surface area (Å²) in [6.45, 7) is 2.90. The van der Waals surface area contributed by atoms with Crippen LogP contribution in [0.15, 0.2) is 126 Å². The van der Waals surface area contributed by atoms with E-state index < -0.39 is 0 Å². The van der Waals surface area contributed by atoms with Crippen molar-refractivity contribution in [3.8, 4) is 0 Å². The lowest BCUT2D eigenvalue weighted by molar-refractivity contribution is 0.922. The van der Waals surface area contributed by atoms with Gasteiger partial charge >= 0.3 is 0 Å². The molecule has 0 fully saturated rings. The van der Waals surface area contributed by atoms with Gasteiger partial charge in [-0.3, -0.25) is 14.8 Å². The van der Waals surface area contributed by atoms with Gasteiger partial charge in [-0.1, -0.05) is 79.7 Å². The van der Waals surface area contributed by atoms with Gasteiger partial charge in [0.05, 0.1) is 0 Å². The van der Waals surface area contributed by atoms with Gasteiger partial charge in [0.15, 0.2) is 0 Å². The summed E-state index contributed by atoms with van der Waals surface area (Å²) in [5, 5.41) is 0. The van der Waals surface area contributed by atoms with Gasteiger partial charge < -0.3 is 0 Å². The summed E-state index contributed by atoms with van der Waals surface area (Å²) in [4.78, 5) is 9.58. The Morgan fingerprint density at radius 2 is 0.806 bits per heavy atom. The molecular formula is C28H27N3. The minimum Gasteiger partial charge on any atom is -0.281 e. The summed E-state index contributed by atoms with van der Waals surface area (Å²) in [6, 6.07) is 41.7. The predicted molar refractivity (Wildman–Crippen MR) is 133 cm³/mol. The molecule has 0 aliphatic carbocycles. The van der Waals surface area contributed by atoms with E-state index in [-0.39, 0.29) is 0 Å². The fraction of sp³-hybridized carbons (Fsp3) is 0.107. The molecule has 0 saturated heterocycles. The first-order chi connectivity index (χ1) is 15.4. The van der Waals surface area contributed by atoms with Crippen LogP contribution in [0.2, 0.25) is 0 Å². The molecule has 0 amide bonds. The summed E-state index contributed by atoms with van der Waals surface area (Å²) in [6.07, 6.45) is 0.971. The lowest BCUT2D eigenvalue weighted by Gasteiger charge is -2.35. The minimum absolute atomic E-state index is 0.738. The van der Waals surface area contributed by atoms with Crippen molar-refractivity contribution in [3.05, 3.63) is 121 Å². The van der Waals surface area contributed by atoms with Crippen LogP contribution in [0.1, 0.15) is 13.3 Å². The number of benzene rings is 4. The third-order valence-corrected chi connectivity index (χ3v) is 4.93. The maximum Gasteiger partial charge on any atom is 0.215 e. The highest BCUT2D eigenvalue weighted by Crippen LogP contribution is 2.33. The minimum atomic E-state index is 0.738. The molecule has 31 heavy (non-hydrogen) atoms. The molecule has 0 N–H and O–H groups in total. The van der Waals surface area contributed by atoms with E-state index in [1.54, 1.807) is 0 Å². The molecule has 0 aliphatic heterocycles. The van der Waals surface area contributed by atoms with Gasteiger partial charge in [0.25, 0.3) is 0 Å². The number of aliphatic imine (C=N–C) groups is 1. The van der Waals surface area contributed by atoms with Crippen molar-refractivity contribution in [2.45, 2.75) is 13.3 Å². The zero-order valence-electron chi connectivity index (χ0n) is 17.8. The van der Waals surface area contributed by atoms with Crippen LogP contribution in [0.3, 0.4) is 0 Å². The number of hydrogen-bond acceptors (Lipinski definition) is 1. The third-order valence-electron chi connectivity index (χ3n) is 4.93. The van der Waals surface area contributed by atoms with E-state index in [0.717, 1.165) is 41.7 Å². The number of nitrogens with zero attached hydrogens (tertiary/aromatic N) is 3. The Kier molecular flexibility index (Phi) is 6.76. The molecule has 4 aromatic carbocycles. The summed E-state index contributed by atoms with van der Waals surface area (Å²) >= 11 is 0. The van der Waals surface area contributed by atoms with Gasteiger partial charge in [0.2, 0.25) is 5.96 Å². The van der Waals surface area contributed by atoms with Gasteiger partial charge in [-0.25, -0.2) is 0 Å². The van der Waals surface area contributed by atoms with E-state index in [9.17, 15) is 0 Å². The lowest BCUT2D eigenvalue weighted by Crippen LogP contribution is -2.40. The Morgan fingerprint density at radius 3 is 1.06 bits per heavy atom. The van der Waals surface area contributed by atoms with Crippen LogP contribution in [0.5, 0.6) is 0 Å². The van der Waals surface area contributed by atoms with Crippen LogP contribution in [-0.2, 0) is 0 Å². The van der Waals surface area contributed by atoms with Crippen LogP contribution in [0.25, 0.3) is 0 Å². The molecule has 3 nitrogen and oxygen atoms in total. The number of para-hydroxylation sites is 4. The topological polar surface area (TPSA) is 18.8 Å². The lowest BCUT2D eigenvalue weighted by atomic mass is 10.2. The van der Waals surface area contributed by atoms with E-state index >= 15 is 0 Å². The molecule has 154 valence electrons. The zero-order chi connectivity index (χ0) is 21.3. The summed E-state index contributed by atoms with van der Waals surface area (Å²) in [5.41, 5.74) is 4.28. The van der Waals surface area contributed by atoms with Crippen molar-refractivity contribution >= 4 is 28.7 Å². The van der Waals surface area contributed by atoms with Gasteiger partial charge in [-0.15, -0.1) is 0 Å². The highest BCUT2D eigenvalue weighted by molar-refractivity contribution is 6.15. The predicted octanol–water partition coefficient (Wildman–Crippen LogP) is 7.43. The second-order valence-corrected chi connectivity index (χ2v) is 7.19. The van der Waals surface area contributed by atoms with Crippen LogP contribution in [-0.4, -0.2) is 12.5 Å². The molecule has 0 radical (unpaired) electrons. The van der Waals surface area contributed by atoms with E-state index in [4.69, 9.17) is 4.99 Å². The van der Waals surface area contributed by atoms with Gasteiger partial charge in [-0.05, 0) is 55.0 Å². The van der Waals surface area contributed by atoms with E-state index in [1.165, 1.54) is 0 Å². The van der Waals surface area contributed by atoms with Gasteiger partial charge in [0, 0.05) is 29.3 Å². The summed E-state index contributed by atoms with van der Waals surface area (Å²) < 4.78 is 0. The Bertz CT molecular complexity index is 914. The maximum atomic E-state index is 5.12. The van der Waals surface area contributed by atoms with Crippen LogP contribution in [0, 0.1) is 0 Å². The summed E-state index contributed by atoms with van der Waals surface area (Å²) in [5.74, 6) is 0.872. The van der Waals surface area contributed by atoms with Crippen molar-refractivity contribution in [1.29, 1.82) is 0 Å². The average Bonchev–Trinajstić information content (AvgIpc) is 2.85. The number of hydrogen-bond donors (Lipinski definition) is 0. The van der Waals surface area contributed by atoms with Gasteiger partial charge in [0.1, 0.15) is 0 Å². The Balaban J connectivity index is 1.94. The van der Waals surface area contributed by atoms with E-state index in [1.807, 2.05) is 24.3 Å². The Hall–Kier alpha value is -3.85. The molecular weight excluding hydrogens is 378 g/mol. The quantitative estimate of drug-likeness (QED) is 0.245. The first-order valence-electron chi connectivity index (χ1n) is 10.7. The van der Waals surface area contributed by atoms with Crippen LogP contribution in [0.4, 0.5) is 22.7 Å². The molecule has 0 spiro atoms. The van der Waals surface area contributed by atoms with Crippen molar-refractivity contribution in [2.75, 3.05) is 16.3 Å². The van der Waals surface area contributed by atoms with E-state index in [0.29, 0.717) is 0 Å². The third kappa shape index (κ3) is 4.84. The highest BCUT2D eigenvalue weighted by atomic mass is 15.4. The fourth-order valence-electron chi connectivity index (χ4n) is 3.52. The molecule has 4 aromatic rings. The molecule has 0 bridgehead atoms. The van der Waals surface area contributed by atoms with Crippen molar-refractivity contribution < 1.29 is 0 Å².